The molecule has 4 rings (SSSR count). The van der Waals surface area contributed by atoms with Gasteiger partial charge in [-0.05, 0) is 52.2 Å². The molecule has 3 heterocycles. The quantitative estimate of drug-likeness (QED) is 0.405. The highest BCUT2D eigenvalue weighted by Gasteiger charge is 2.21. The number of fused-ring (bicyclic) bond motifs is 1. The first-order chi connectivity index (χ1) is 14.3. The first-order valence-corrected chi connectivity index (χ1v) is 11.4. The van der Waals surface area contributed by atoms with Crippen LogP contribution in [0.1, 0.15) is 29.5 Å². The van der Waals surface area contributed by atoms with Gasteiger partial charge in [0.15, 0.2) is 11.0 Å². The topological polar surface area (TPSA) is 81.2 Å². The van der Waals surface area contributed by atoms with E-state index in [-0.39, 0.29) is 11.6 Å². The Labute approximate surface area is 186 Å². The lowest BCUT2D eigenvalue weighted by Crippen LogP contribution is -2.20. The van der Waals surface area contributed by atoms with Gasteiger partial charge in [-0.2, -0.15) is 9.61 Å². The van der Waals surface area contributed by atoms with Crippen LogP contribution in [-0.4, -0.2) is 48.4 Å². The molecule has 0 fully saturated rings. The SMILES string of the molecule is Cc1nn2c(=O)cc(CSc3nnc(C(C)N(C)C)n3-c3ccc(Cl)cc3)nc2s1. The highest BCUT2D eigenvalue weighted by Crippen LogP contribution is 2.29. The van der Waals surface area contributed by atoms with Gasteiger partial charge >= 0.3 is 0 Å². The van der Waals surface area contributed by atoms with Gasteiger partial charge in [0, 0.05) is 22.5 Å². The van der Waals surface area contributed by atoms with Gasteiger partial charge in [-0.15, -0.1) is 10.2 Å². The molecule has 0 saturated carbocycles. The smallest absolute Gasteiger partial charge is 0.275 e. The summed E-state index contributed by atoms with van der Waals surface area (Å²) in [5, 5.41) is 15.2. The molecule has 0 saturated heterocycles. The second-order valence-corrected chi connectivity index (χ2v) is 9.52. The van der Waals surface area contributed by atoms with Crippen molar-refractivity contribution in [3.8, 4) is 5.69 Å². The maximum atomic E-state index is 12.3. The molecule has 1 aromatic carbocycles. The molecule has 0 spiro atoms. The summed E-state index contributed by atoms with van der Waals surface area (Å²) in [7, 11) is 4.00. The van der Waals surface area contributed by atoms with Crippen molar-refractivity contribution in [1.82, 2.24) is 34.3 Å². The highest BCUT2D eigenvalue weighted by atomic mass is 35.5. The first kappa shape index (κ1) is 21.0. The molecule has 3 aromatic heterocycles. The number of hydrogen-bond acceptors (Lipinski definition) is 8. The number of benzene rings is 1. The van der Waals surface area contributed by atoms with Gasteiger partial charge < -0.3 is 0 Å². The van der Waals surface area contributed by atoms with E-state index >= 15 is 0 Å². The summed E-state index contributed by atoms with van der Waals surface area (Å²) in [6, 6.07) is 9.15. The van der Waals surface area contributed by atoms with Gasteiger partial charge in [-0.25, -0.2) is 4.98 Å². The second-order valence-electron chi connectivity index (χ2n) is 6.98. The van der Waals surface area contributed by atoms with Crippen LogP contribution in [-0.2, 0) is 5.75 Å². The Balaban J connectivity index is 1.69. The largest absolute Gasteiger partial charge is 0.300 e. The predicted octanol–water partition coefficient (Wildman–Crippen LogP) is 3.61. The van der Waals surface area contributed by atoms with Crippen molar-refractivity contribution in [3.63, 3.8) is 0 Å². The number of hydrogen-bond donors (Lipinski definition) is 0. The molecule has 0 radical (unpaired) electrons. The Morgan fingerprint density at radius 1 is 1.23 bits per heavy atom. The van der Waals surface area contributed by atoms with E-state index in [0.717, 1.165) is 21.7 Å². The van der Waals surface area contributed by atoms with Crippen LogP contribution < -0.4 is 5.56 Å². The summed E-state index contributed by atoms with van der Waals surface area (Å²) < 4.78 is 3.36. The van der Waals surface area contributed by atoms with Crippen molar-refractivity contribution in [2.24, 2.45) is 0 Å². The molecule has 1 unspecified atom stereocenters. The van der Waals surface area contributed by atoms with Crippen molar-refractivity contribution in [2.75, 3.05) is 14.1 Å². The van der Waals surface area contributed by atoms with Crippen LogP contribution in [0.15, 0.2) is 40.3 Å². The third-order valence-corrected chi connectivity index (χ3v) is 6.68. The normalized spacial score (nSPS) is 12.7. The van der Waals surface area contributed by atoms with E-state index in [4.69, 9.17) is 11.6 Å². The molecular formula is C19H20ClN7OS2. The first-order valence-electron chi connectivity index (χ1n) is 9.20. The van der Waals surface area contributed by atoms with Crippen molar-refractivity contribution in [1.29, 1.82) is 0 Å². The van der Waals surface area contributed by atoms with Crippen LogP contribution in [0, 0.1) is 6.92 Å². The number of rotatable bonds is 6. The van der Waals surface area contributed by atoms with E-state index < -0.39 is 0 Å². The highest BCUT2D eigenvalue weighted by molar-refractivity contribution is 7.98. The minimum Gasteiger partial charge on any atom is -0.300 e. The molecular weight excluding hydrogens is 442 g/mol. The lowest BCUT2D eigenvalue weighted by atomic mass is 10.2. The van der Waals surface area contributed by atoms with Gasteiger partial charge in [-0.3, -0.25) is 14.3 Å². The second kappa shape index (κ2) is 8.46. The third-order valence-electron chi connectivity index (χ3n) is 4.64. The standard InChI is InChI=1S/C19H20ClN7OS2/c1-11(25(3)4)17-22-23-19(26(17)15-7-5-13(20)6-8-15)29-10-14-9-16(28)27-18(21-14)30-12(2)24-27/h5-9,11H,10H2,1-4H3. The van der Waals surface area contributed by atoms with Crippen molar-refractivity contribution in [3.05, 3.63) is 62.2 Å². The van der Waals surface area contributed by atoms with Crippen LogP contribution >= 0.6 is 34.7 Å². The summed E-state index contributed by atoms with van der Waals surface area (Å²) in [6.45, 7) is 3.93. The minimum atomic E-state index is -0.180. The van der Waals surface area contributed by atoms with Crippen molar-refractivity contribution < 1.29 is 0 Å². The summed E-state index contributed by atoms with van der Waals surface area (Å²) in [4.78, 5) is 19.6. The van der Waals surface area contributed by atoms with E-state index in [9.17, 15) is 4.79 Å². The molecule has 4 aromatic rings. The Hall–Kier alpha value is -2.27. The summed E-state index contributed by atoms with van der Waals surface area (Å²) >= 11 is 8.95. The van der Waals surface area contributed by atoms with E-state index in [0.29, 0.717) is 21.4 Å². The maximum Gasteiger partial charge on any atom is 0.275 e. The van der Waals surface area contributed by atoms with E-state index in [2.05, 4.69) is 32.1 Å². The van der Waals surface area contributed by atoms with Crippen LogP contribution in [0.5, 0.6) is 0 Å². The molecule has 0 aliphatic rings. The lowest BCUT2D eigenvalue weighted by Gasteiger charge is -2.20. The number of nitrogens with zero attached hydrogens (tertiary/aromatic N) is 7. The van der Waals surface area contributed by atoms with Crippen molar-refractivity contribution in [2.45, 2.75) is 30.8 Å². The van der Waals surface area contributed by atoms with Crippen LogP contribution in [0.3, 0.4) is 0 Å². The van der Waals surface area contributed by atoms with Crippen LogP contribution in [0.4, 0.5) is 0 Å². The molecule has 1 atom stereocenters. The van der Waals surface area contributed by atoms with E-state index in [1.165, 1.54) is 33.7 Å². The van der Waals surface area contributed by atoms with E-state index in [1.807, 2.05) is 49.9 Å². The van der Waals surface area contributed by atoms with Crippen LogP contribution in [0.2, 0.25) is 5.02 Å². The maximum absolute atomic E-state index is 12.3. The zero-order valence-corrected chi connectivity index (χ0v) is 19.3. The Morgan fingerprint density at radius 2 is 1.97 bits per heavy atom. The fourth-order valence-electron chi connectivity index (χ4n) is 2.87. The Kier molecular flexibility index (Phi) is 5.92. The van der Waals surface area contributed by atoms with E-state index in [1.54, 1.807) is 0 Å². The molecule has 0 amide bonds. The molecule has 0 aliphatic heterocycles. The summed E-state index contributed by atoms with van der Waals surface area (Å²) in [5.41, 5.74) is 1.43. The molecule has 0 N–H and O–H groups in total. The zero-order valence-electron chi connectivity index (χ0n) is 16.9. The van der Waals surface area contributed by atoms with Gasteiger partial charge in [0.05, 0.1) is 11.7 Å². The predicted molar refractivity (Wildman–Crippen MR) is 120 cm³/mol. The average Bonchev–Trinajstić information content (AvgIpc) is 3.29. The van der Waals surface area contributed by atoms with Crippen molar-refractivity contribution >= 4 is 39.7 Å². The summed E-state index contributed by atoms with van der Waals surface area (Å²) in [6.07, 6.45) is 0. The number of thioether (sulfide) groups is 1. The monoisotopic (exact) mass is 461 g/mol. The van der Waals surface area contributed by atoms with Gasteiger partial charge in [-0.1, -0.05) is 34.7 Å². The average molecular weight is 462 g/mol. The fraction of sp³-hybridized carbons (Fsp3) is 0.316. The third kappa shape index (κ3) is 4.13. The number of aryl methyl sites for hydroxylation is 1. The van der Waals surface area contributed by atoms with Crippen LogP contribution in [0.25, 0.3) is 10.6 Å². The number of halogens is 1. The molecule has 156 valence electrons. The lowest BCUT2D eigenvalue weighted by molar-refractivity contribution is 0.305. The molecule has 30 heavy (non-hydrogen) atoms. The summed E-state index contributed by atoms with van der Waals surface area (Å²) in [5.74, 6) is 1.32. The van der Waals surface area contributed by atoms with Gasteiger partial charge in [0.1, 0.15) is 5.01 Å². The zero-order chi connectivity index (χ0) is 21.4. The fourth-order valence-corrected chi connectivity index (χ4v) is 4.62. The molecule has 0 bridgehead atoms. The minimum absolute atomic E-state index is 0.0572. The number of aromatic nitrogens is 6. The Morgan fingerprint density at radius 3 is 2.67 bits per heavy atom. The molecule has 0 aliphatic carbocycles. The van der Waals surface area contributed by atoms with Gasteiger partial charge in [0.2, 0.25) is 4.96 Å². The van der Waals surface area contributed by atoms with Gasteiger partial charge in [0.25, 0.3) is 5.56 Å². The Bertz CT molecular complexity index is 1250. The molecule has 11 heteroatoms. The molecule has 8 nitrogen and oxygen atoms in total.